The first-order valence-electron chi connectivity index (χ1n) is 10.1. The molecule has 0 unspecified atom stereocenters. The van der Waals surface area contributed by atoms with Gasteiger partial charge in [0.2, 0.25) is 5.91 Å². The summed E-state index contributed by atoms with van der Waals surface area (Å²) < 4.78 is 6.08. The van der Waals surface area contributed by atoms with Gasteiger partial charge in [-0.25, -0.2) is 14.8 Å². The van der Waals surface area contributed by atoms with Crippen molar-refractivity contribution in [3.05, 3.63) is 66.0 Å². The number of carbonyl (C=O) groups is 2. The van der Waals surface area contributed by atoms with Crippen molar-refractivity contribution in [1.29, 1.82) is 0 Å². The van der Waals surface area contributed by atoms with E-state index in [0.717, 1.165) is 29.2 Å². The molecule has 0 aliphatic carbocycles. The lowest BCUT2D eigenvalue weighted by Gasteiger charge is -2.19. The molecule has 32 heavy (non-hydrogen) atoms. The number of anilines is 2. The highest BCUT2D eigenvalue weighted by molar-refractivity contribution is 7.98. The van der Waals surface area contributed by atoms with Crippen molar-refractivity contribution < 1.29 is 19.4 Å². The number of hydrogen-bond donors (Lipinski definition) is 2. The minimum absolute atomic E-state index is 0.119. The minimum atomic E-state index is -1.02. The first kappa shape index (κ1) is 21.6. The number of nitrogens with zero attached hydrogens (tertiary/aromatic N) is 3. The molecule has 1 fully saturated rings. The number of aromatic carboxylic acids is 1. The van der Waals surface area contributed by atoms with Crippen molar-refractivity contribution >= 4 is 35.1 Å². The van der Waals surface area contributed by atoms with Crippen molar-refractivity contribution in [3.8, 4) is 11.5 Å². The smallest absolute Gasteiger partial charge is 0.337 e. The summed E-state index contributed by atoms with van der Waals surface area (Å²) in [4.78, 5) is 33.5. The molecule has 1 aromatic carbocycles. The normalized spacial score (nSPS) is 13.3. The number of carboxylic acid groups (broad SMARTS) is 1. The zero-order chi connectivity index (χ0) is 22.5. The van der Waals surface area contributed by atoms with Crippen LogP contribution in [0.15, 0.2) is 59.9 Å². The number of ether oxygens (including phenoxy) is 1. The van der Waals surface area contributed by atoms with Gasteiger partial charge in [0.05, 0.1) is 16.8 Å². The predicted molar refractivity (Wildman–Crippen MR) is 122 cm³/mol. The summed E-state index contributed by atoms with van der Waals surface area (Å²) in [6.07, 6.45) is 6.36. The van der Waals surface area contributed by atoms with Gasteiger partial charge in [-0.15, -0.1) is 11.8 Å². The summed E-state index contributed by atoms with van der Waals surface area (Å²) in [7, 11) is 0. The molecule has 3 aromatic rings. The van der Waals surface area contributed by atoms with Crippen LogP contribution in [0.5, 0.6) is 11.5 Å². The summed E-state index contributed by atoms with van der Waals surface area (Å²) >= 11 is 1.56. The maximum absolute atomic E-state index is 12.2. The second-order valence-electron chi connectivity index (χ2n) is 7.24. The molecular formula is C23H22N4O4S. The molecule has 1 aliphatic heterocycles. The van der Waals surface area contributed by atoms with Gasteiger partial charge in [0.25, 0.3) is 0 Å². The molecule has 0 spiro atoms. The van der Waals surface area contributed by atoms with E-state index in [1.165, 1.54) is 12.3 Å². The highest BCUT2D eigenvalue weighted by Gasteiger charge is 2.22. The number of pyridine rings is 2. The SMILES string of the molecule is CSc1ccc(Oc2ccc(Nc3ccc(C(=O)O)cn3)cc2CN2CCCC2=O)cn1. The molecule has 1 amide bonds. The molecule has 8 nitrogen and oxygen atoms in total. The Labute approximate surface area is 189 Å². The van der Waals surface area contributed by atoms with E-state index < -0.39 is 5.97 Å². The van der Waals surface area contributed by atoms with Crippen LogP contribution in [-0.2, 0) is 11.3 Å². The van der Waals surface area contributed by atoms with E-state index in [2.05, 4.69) is 15.3 Å². The number of amides is 1. The van der Waals surface area contributed by atoms with Crippen LogP contribution in [0, 0.1) is 0 Å². The van der Waals surface area contributed by atoms with Gasteiger partial charge in [0.15, 0.2) is 0 Å². The van der Waals surface area contributed by atoms with Crippen LogP contribution >= 0.6 is 11.8 Å². The van der Waals surface area contributed by atoms with Crippen LogP contribution in [0.3, 0.4) is 0 Å². The third-order valence-corrected chi connectivity index (χ3v) is 5.68. The van der Waals surface area contributed by atoms with E-state index in [9.17, 15) is 9.59 Å². The third-order valence-electron chi connectivity index (χ3n) is 5.02. The number of nitrogens with one attached hydrogen (secondary N) is 1. The van der Waals surface area contributed by atoms with Crippen LogP contribution in [0.4, 0.5) is 11.5 Å². The Morgan fingerprint density at radius 3 is 2.69 bits per heavy atom. The van der Waals surface area contributed by atoms with Gasteiger partial charge in [-0.05, 0) is 55.1 Å². The first-order chi connectivity index (χ1) is 15.5. The molecule has 0 saturated carbocycles. The van der Waals surface area contributed by atoms with Gasteiger partial charge in [-0.2, -0.15) is 0 Å². The average molecular weight is 451 g/mol. The monoisotopic (exact) mass is 450 g/mol. The fourth-order valence-corrected chi connectivity index (χ4v) is 3.74. The van der Waals surface area contributed by atoms with Crippen LogP contribution in [-0.4, -0.2) is 44.7 Å². The molecule has 1 saturated heterocycles. The van der Waals surface area contributed by atoms with Gasteiger partial charge < -0.3 is 20.1 Å². The van der Waals surface area contributed by atoms with Gasteiger partial charge >= 0.3 is 5.97 Å². The Balaban J connectivity index is 1.58. The zero-order valence-electron chi connectivity index (χ0n) is 17.4. The highest BCUT2D eigenvalue weighted by Crippen LogP contribution is 2.31. The molecular weight excluding hydrogens is 428 g/mol. The first-order valence-corrected chi connectivity index (χ1v) is 11.3. The molecule has 1 aliphatic rings. The van der Waals surface area contributed by atoms with Crippen molar-refractivity contribution in [2.24, 2.45) is 0 Å². The fraction of sp³-hybridized carbons (Fsp3) is 0.217. The van der Waals surface area contributed by atoms with Crippen molar-refractivity contribution in [2.75, 3.05) is 18.1 Å². The standard InChI is InChI=1S/C23H22N4O4S/c1-32-21-9-6-18(13-25-21)31-19-7-5-17(11-16(19)14-27-10-2-3-22(27)28)26-20-8-4-15(12-24-20)23(29)30/h4-9,11-13H,2-3,10,14H2,1H3,(H,24,26)(H,29,30). The Morgan fingerprint density at radius 1 is 1.19 bits per heavy atom. The van der Waals surface area contributed by atoms with Gasteiger partial charge in [0, 0.05) is 37.0 Å². The Kier molecular flexibility index (Phi) is 6.55. The van der Waals surface area contributed by atoms with Crippen LogP contribution in [0.25, 0.3) is 0 Å². The molecule has 0 atom stereocenters. The number of carboxylic acids is 1. The Bertz CT molecular complexity index is 1120. The second-order valence-corrected chi connectivity index (χ2v) is 8.07. The van der Waals surface area contributed by atoms with Crippen LogP contribution < -0.4 is 10.1 Å². The summed E-state index contributed by atoms with van der Waals surface area (Å²) in [6, 6.07) is 12.5. The van der Waals surface area contributed by atoms with Crippen molar-refractivity contribution in [1.82, 2.24) is 14.9 Å². The van der Waals surface area contributed by atoms with E-state index in [0.29, 0.717) is 30.3 Å². The lowest BCUT2D eigenvalue weighted by Crippen LogP contribution is -2.24. The van der Waals surface area contributed by atoms with E-state index in [1.807, 2.05) is 41.5 Å². The lowest BCUT2D eigenvalue weighted by molar-refractivity contribution is -0.128. The number of likely N-dealkylation sites (tertiary alicyclic amines) is 1. The van der Waals surface area contributed by atoms with E-state index in [1.54, 1.807) is 24.0 Å². The highest BCUT2D eigenvalue weighted by atomic mass is 32.2. The summed E-state index contributed by atoms with van der Waals surface area (Å²) in [5.41, 5.74) is 1.72. The Morgan fingerprint density at radius 2 is 2.06 bits per heavy atom. The molecule has 3 heterocycles. The summed E-state index contributed by atoms with van der Waals surface area (Å²) in [5.74, 6) is 0.879. The van der Waals surface area contributed by atoms with Crippen LogP contribution in [0.1, 0.15) is 28.8 Å². The van der Waals surface area contributed by atoms with Crippen molar-refractivity contribution in [2.45, 2.75) is 24.4 Å². The molecule has 0 radical (unpaired) electrons. The quantitative estimate of drug-likeness (QED) is 0.482. The zero-order valence-corrected chi connectivity index (χ0v) is 18.3. The molecule has 9 heteroatoms. The third kappa shape index (κ3) is 5.17. The van der Waals surface area contributed by atoms with Gasteiger partial charge in [0.1, 0.15) is 17.3 Å². The van der Waals surface area contributed by atoms with E-state index >= 15 is 0 Å². The number of carbonyl (C=O) groups excluding carboxylic acids is 1. The lowest BCUT2D eigenvalue weighted by atomic mass is 10.1. The maximum atomic E-state index is 12.2. The molecule has 2 aromatic heterocycles. The molecule has 2 N–H and O–H groups in total. The van der Waals surface area contributed by atoms with E-state index in [-0.39, 0.29) is 11.5 Å². The predicted octanol–water partition coefficient (Wildman–Crippen LogP) is 4.56. The Hall–Kier alpha value is -3.59. The molecule has 4 rings (SSSR count). The molecule has 164 valence electrons. The van der Waals surface area contributed by atoms with E-state index in [4.69, 9.17) is 9.84 Å². The maximum Gasteiger partial charge on any atom is 0.337 e. The summed E-state index contributed by atoms with van der Waals surface area (Å²) in [5, 5.41) is 13.1. The fourth-order valence-electron chi connectivity index (χ4n) is 3.37. The van der Waals surface area contributed by atoms with Crippen molar-refractivity contribution in [3.63, 3.8) is 0 Å². The molecule has 0 bridgehead atoms. The topological polar surface area (TPSA) is 105 Å². The minimum Gasteiger partial charge on any atom is -0.478 e. The number of thioether (sulfide) groups is 1. The second kappa shape index (κ2) is 9.69. The summed E-state index contributed by atoms with van der Waals surface area (Å²) in [6.45, 7) is 1.16. The number of rotatable bonds is 8. The van der Waals surface area contributed by atoms with Crippen LogP contribution in [0.2, 0.25) is 0 Å². The number of aromatic nitrogens is 2. The number of hydrogen-bond acceptors (Lipinski definition) is 7. The largest absolute Gasteiger partial charge is 0.478 e. The van der Waals surface area contributed by atoms with Gasteiger partial charge in [-0.1, -0.05) is 0 Å². The number of benzene rings is 1. The average Bonchev–Trinajstić information content (AvgIpc) is 3.20. The van der Waals surface area contributed by atoms with Gasteiger partial charge in [-0.3, -0.25) is 4.79 Å².